The molecule has 0 aliphatic carbocycles. The van der Waals surface area contributed by atoms with Gasteiger partial charge in [-0.25, -0.2) is 0 Å². The average Bonchev–Trinajstić information content (AvgIpc) is 2.59. The third kappa shape index (κ3) is 1.76. The second kappa shape index (κ2) is 4.50. The van der Waals surface area contributed by atoms with Crippen molar-refractivity contribution in [3.63, 3.8) is 0 Å². The highest BCUT2D eigenvalue weighted by molar-refractivity contribution is 5.85. The molecular formula is C8H16ClNO5. The van der Waals surface area contributed by atoms with E-state index in [1.54, 1.807) is 7.05 Å². The SMILES string of the molecule is CN[C@H]1[C@H]2OC[C@](CO)(O2)[C@H](O)[C@@H]1O.Cl. The maximum Gasteiger partial charge on any atom is 0.176 e. The molecule has 6 nitrogen and oxygen atoms in total. The molecule has 0 aromatic heterocycles. The standard InChI is InChI=1S/C8H15NO5.ClH/c1-9-4-5(11)6(12)8(2-10)3-13-7(4)14-8;/h4-7,9-12H,2-3H2,1H3;1H/t4-,5-,6-,7+,8+;/m1./s1. The zero-order chi connectivity index (χ0) is 10.3. The smallest absolute Gasteiger partial charge is 0.176 e. The van der Waals surface area contributed by atoms with Crippen LogP contribution in [-0.4, -0.2) is 65.7 Å². The minimum atomic E-state index is -1.16. The van der Waals surface area contributed by atoms with Crippen molar-refractivity contribution in [2.75, 3.05) is 20.3 Å². The first-order valence-electron chi connectivity index (χ1n) is 4.58. The van der Waals surface area contributed by atoms with E-state index >= 15 is 0 Å². The van der Waals surface area contributed by atoms with Crippen molar-refractivity contribution in [2.45, 2.75) is 30.1 Å². The topological polar surface area (TPSA) is 91.2 Å². The van der Waals surface area contributed by atoms with Gasteiger partial charge in [0.2, 0.25) is 0 Å². The number of hydrogen-bond donors (Lipinski definition) is 4. The van der Waals surface area contributed by atoms with Gasteiger partial charge in [0.1, 0.15) is 17.8 Å². The number of aliphatic hydroxyl groups excluding tert-OH is 3. The molecule has 5 atom stereocenters. The maximum atomic E-state index is 9.76. The van der Waals surface area contributed by atoms with Gasteiger partial charge in [-0.05, 0) is 7.05 Å². The van der Waals surface area contributed by atoms with E-state index in [9.17, 15) is 10.2 Å². The number of rotatable bonds is 2. The highest BCUT2D eigenvalue weighted by atomic mass is 35.5. The molecule has 90 valence electrons. The second-order valence-corrected chi connectivity index (χ2v) is 3.77. The highest BCUT2D eigenvalue weighted by Gasteiger charge is 2.58. The summed E-state index contributed by atoms with van der Waals surface area (Å²) in [5, 5.41) is 31.4. The van der Waals surface area contributed by atoms with Gasteiger partial charge in [0.05, 0.1) is 19.3 Å². The Morgan fingerprint density at radius 2 is 2.13 bits per heavy atom. The van der Waals surface area contributed by atoms with Crippen LogP contribution in [0.5, 0.6) is 0 Å². The third-order valence-corrected chi connectivity index (χ3v) is 2.97. The molecule has 4 N–H and O–H groups in total. The third-order valence-electron chi connectivity index (χ3n) is 2.97. The van der Waals surface area contributed by atoms with Crippen LogP contribution in [0.2, 0.25) is 0 Å². The predicted octanol–water partition coefficient (Wildman–Crippen LogP) is -2.16. The van der Waals surface area contributed by atoms with Crippen LogP contribution in [0.3, 0.4) is 0 Å². The molecule has 0 radical (unpaired) electrons. The Labute approximate surface area is 93.6 Å². The lowest BCUT2D eigenvalue weighted by molar-refractivity contribution is -0.232. The van der Waals surface area contributed by atoms with Crippen molar-refractivity contribution in [1.29, 1.82) is 0 Å². The summed E-state index contributed by atoms with van der Waals surface area (Å²) >= 11 is 0. The van der Waals surface area contributed by atoms with E-state index < -0.39 is 30.1 Å². The summed E-state index contributed by atoms with van der Waals surface area (Å²) in [7, 11) is 1.65. The van der Waals surface area contributed by atoms with Crippen LogP contribution in [-0.2, 0) is 9.47 Å². The summed E-state index contributed by atoms with van der Waals surface area (Å²) in [6.07, 6.45) is -2.73. The highest BCUT2D eigenvalue weighted by Crippen LogP contribution is 2.36. The van der Waals surface area contributed by atoms with Gasteiger partial charge in [0.15, 0.2) is 6.29 Å². The first kappa shape index (κ1) is 13.1. The number of halogens is 1. The number of ether oxygens (including phenoxy) is 2. The Bertz CT molecular complexity index is 231. The minimum Gasteiger partial charge on any atom is -0.393 e. The van der Waals surface area contributed by atoms with E-state index in [-0.39, 0.29) is 25.6 Å². The summed E-state index contributed by atoms with van der Waals surface area (Å²) in [6, 6.07) is -0.466. The lowest BCUT2D eigenvalue weighted by atomic mass is 9.88. The Balaban J connectivity index is 0.00000112. The molecule has 2 aliphatic heterocycles. The van der Waals surface area contributed by atoms with Crippen LogP contribution < -0.4 is 5.32 Å². The van der Waals surface area contributed by atoms with Crippen LogP contribution >= 0.6 is 12.4 Å². The zero-order valence-corrected chi connectivity index (χ0v) is 9.11. The molecule has 2 saturated heterocycles. The Morgan fingerprint density at radius 3 is 2.67 bits per heavy atom. The van der Waals surface area contributed by atoms with E-state index in [1.807, 2.05) is 0 Å². The number of nitrogens with one attached hydrogen (secondary N) is 1. The summed E-state index contributed by atoms with van der Waals surface area (Å²) in [5.74, 6) is 0. The number of aliphatic hydroxyl groups is 3. The van der Waals surface area contributed by atoms with E-state index in [0.29, 0.717) is 0 Å². The van der Waals surface area contributed by atoms with Crippen molar-refractivity contribution in [3.8, 4) is 0 Å². The molecule has 2 bridgehead atoms. The van der Waals surface area contributed by atoms with Gasteiger partial charge in [-0.1, -0.05) is 0 Å². The summed E-state index contributed by atoms with van der Waals surface area (Å²) in [4.78, 5) is 0. The Morgan fingerprint density at radius 1 is 1.47 bits per heavy atom. The Kier molecular flexibility index (Phi) is 3.94. The number of fused-ring (bicyclic) bond motifs is 2. The van der Waals surface area contributed by atoms with Crippen LogP contribution in [0.25, 0.3) is 0 Å². The Hall–Kier alpha value is 0.0500. The summed E-state index contributed by atoms with van der Waals surface area (Å²) in [6.45, 7) is -0.261. The molecule has 2 rings (SSSR count). The van der Waals surface area contributed by atoms with Gasteiger partial charge in [-0.3, -0.25) is 0 Å². The van der Waals surface area contributed by atoms with E-state index in [0.717, 1.165) is 0 Å². The summed E-state index contributed by atoms with van der Waals surface area (Å²) < 4.78 is 10.6. The fourth-order valence-electron chi connectivity index (χ4n) is 2.01. The maximum absolute atomic E-state index is 9.76. The van der Waals surface area contributed by atoms with Gasteiger partial charge < -0.3 is 30.1 Å². The molecule has 0 saturated carbocycles. The first-order chi connectivity index (χ1) is 6.64. The largest absolute Gasteiger partial charge is 0.393 e. The minimum absolute atomic E-state index is 0. The lowest BCUT2D eigenvalue weighted by Gasteiger charge is -2.41. The van der Waals surface area contributed by atoms with Gasteiger partial charge in [0, 0.05) is 0 Å². The van der Waals surface area contributed by atoms with Crippen molar-refractivity contribution in [3.05, 3.63) is 0 Å². The van der Waals surface area contributed by atoms with Gasteiger partial charge in [0.25, 0.3) is 0 Å². The zero-order valence-electron chi connectivity index (χ0n) is 8.29. The molecule has 15 heavy (non-hydrogen) atoms. The van der Waals surface area contributed by atoms with Crippen LogP contribution in [0, 0.1) is 0 Å². The van der Waals surface area contributed by atoms with Crippen molar-refractivity contribution in [1.82, 2.24) is 5.32 Å². The van der Waals surface area contributed by atoms with E-state index in [2.05, 4.69) is 5.32 Å². The number of hydrogen-bond acceptors (Lipinski definition) is 6. The lowest BCUT2D eigenvalue weighted by Crippen LogP contribution is -2.65. The van der Waals surface area contributed by atoms with E-state index in [1.165, 1.54) is 0 Å². The fraction of sp³-hybridized carbons (Fsp3) is 1.00. The average molecular weight is 242 g/mol. The molecule has 2 fully saturated rings. The van der Waals surface area contributed by atoms with Gasteiger partial charge in [-0.15, -0.1) is 12.4 Å². The molecule has 7 heteroatoms. The predicted molar refractivity (Wildman–Crippen MR) is 52.8 cm³/mol. The normalized spacial score (nSPS) is 48.8. The van der Waals surface area contributed by atoms with Crippen LogP contribution in [0.15, 0.2) is 0 Å². The molecule has 2 aliphatic rings. The molecule has 0 amide bonds. The fourth-order valence-corrected chi connectivity index (χ4v) is 2.01. The monoisotopic (exact) mass is 241 g/mol. The number of likely N-dealkylation sites (N-methyl/N-ethyl adjacent to an activating group) is 1. The van der Waals surface area contributed by atoms with E-state index in [4.69, 9.17) is 14.6 Å². The van der Waals surface area contributed by atoms with Crippen molar-refractivity contribution >= 4 is 12.4 Å². The molecular weight excluding hydrogens is 226 g/mol. The molecule has 0 unspecified atom stereocenters. The molecule has 0 aromatic carbocycles. The van der Waals surface area contributed by atoms with Crippen molar-refractivity contribution in [2.24, 2.45) is 0 Å². The quantitative estimate of drug-likeness (QED) is 0.440. The first-order valence-corrected chi connectivity index (χ1v) is 4.58. The van der Waals surface area contributed by atoms with Gasteiger partial charge >= 0.3 is 0 Å². The molecule has 0 spiro atoms. The van der Waals surface area contributed by atoms with Gasteiger partial charge in [-0.2, -0.15) is 0 Å². The summed E-state index contributed by atoms with van der Waals surface area (Å²) in [5.41, 5.74) is -1.16. The molecule has 0 aromatic rings. The van der Waals surface area contributed by atoms with Crippen LogP contribution in [0.4, 0.5) is 0 Å². The van der Waals surface area contributed by atoms with Crippen LogP contribution in [0.1, 0.15) is 0 Å². The van der Waals surface area contributed by atoms with Crippen molar-refractivity contribution < 1.29 is 24.8 Å². The molecule has 2 heterocycles. The second-order valence-electron chi connectivity index (χ2n) is 3.77.